The van der Waals surface area contributed by atoms with Gasteiger partial charge in [-0.3, -0.25) is 4.79 Å². The minimum atomic E-state index is 0.0477. The van der Waals surface area contributed by atoms with Gasteiger partial charge in [-0.2, -0.15) is 0 Å². The van der Waals surface area contributed by atoms with Crippen molar-refractivity contribution in [2.45, 2.75) is 11.3 Å². The van der Waals surface area contributed by atoms with Crippen molar-refractivity contribution >= 4 is 28.6 Å². The monoisotopic (exact) mass is 371 g/mol. The zero-order chi connectivity index (χ0) is 18.8. The number of phenols is 1. The molecule has 136 valence electrons. The number of hydrogen-bond acceptors (Lipinski definition) is 5. The third-order valence-corrected chi connectivity index (χ3v) is 5.03. The standard InChI is InChI=1S/C20H21NO4S/c1-21(2)18(23)10-12-5-8-17-15(9-12)20(26-4)19(25-17)14-7-6-13(24-3)11-16(14)22/h5-9,11,22H,10H2,1-4H3. The molecule has 1 N–H and O–H groups in total. The van der Waals surface area contributed by atoms with Crippen LogP contribution in [-0.4, -0.2) is 43.4 Å². The average Bonchev–Trinajstić information content (AvgIpc) is 2.98. The topological polar surface area (TPSA) is 62.9 Å². The van der Waals surface area contributed by atoms with Crippen LogP contribution in [0.25, 0.3) is 22.3 Å². The smallest absolute Gasteiger partial charge is 0.226 e. The zero-order valence-electron chi connectivity index (χ0n) is 15.2. The van der Waals surface area contributed by atoms with Crippen LogP contribution >= 0.6 is 11.8 Å². The Labute approximate surface area is 156 Å². The molecular weight excluding hydrogens is 350 g/mol. The number of rotatable bonds is 5. The molecule has 0 aliphatic heterocycles. The molecule has 0 spiro atoms. The second kappa shape index (κ2) is 7.33. The van der Waals surface area contributed by atoms with Crippen LogP contribution in [-0.2, 0) is 11.2 Å². The maximum absolute atomic E-state index is 12.0. The van der Waals surface area contributed by atoms with E-state index in [0.29, 0.717) is 23.5 Å². The van der Waals surface area contributed by atoms with Gasteiger partial charge < -0.3 is 19.2 Å². The number of carbonyl (C=O) groups excluding carboxylic acids is 1. The normalized spacial score (nSPS) is 10.9. The summed E-state index contributed by atoms with van der Waals surface area (Å²) in [5.41, 5.74) is 2.26. The first-order valence-corrected chi connectivity index (χ1v) is 9.34. The van der Waals surface area contributed by atoms with Crippen molar-refractivity contribution in [1.82, 2.24) is 4.90 Å². The Hall–Kier alpha value is -2.60. The summed E-state index contributed by atoms with van der Waals surface area (Å²) in [4.78, 5) is 14.5. The van der Waals surface area contributed by atoms with Crippen LogP contribution in [0.1, 0.15) is 5.56 Å². The highest BCUT2D eigenvalue weighted by Gasteiger charge is 2.19. The zero-order valence-corrected chi connectivity index (χ0v) is 16.0. The largest absolute Gasteiger partial charge is 0.507 e. The fourth-order valence-electron chi connectivity index (χ4n) is 2.78. The molecule has 5 nitrogen and oxygen atoms in total. The third-order valence-electron chi connectivity index (χ3n) is 4.21. The lowest BCUT2D eigenvalue weighted by molar-refractivity contribution is -0.127. The summed E-state index contributed by atoms with van der Waals surface area (Å²) in [6, 6.07) is 10.9. The lowest BCUT2D eigenvalue weighted by atomic mass is 10.1. The van der Waals surface area contributed by atoms with Crippen molar-refractivity contribution in [3.8, 4) is 22.8 Å². The van der Waals surface area contributed by atoms with Gasteiger partial charge in [0.2, 0.25) is 5.91 Å². The summed E-state index contributed by atoms with van der Waals surface area (Å²) in [6.07, 6.45) is 2.30. The van der Waals surface area contributed by atoms with E-state index in [0.717, 1.165) is 21.4 Å². The molecule has 2 aromatic carbocycles. The van der Waals surface area contributed by atoms with Gasteiger partial charge >= 0.3 is 0 Å². The summed E-state index contributed by atoms with van der Waals surface area (Å²) in [6.45, 7) is 0. The molecule has 1 heterocycles. The number of furan rings is 1. The number of fused-ring (bicyclic) bond motifs is 1. The van der Waals surface area contributed by atoms with Crippen molar-refractivity contribution in [3.63, 3.8) is 0 Å². The Bertz CT molecular complexity index is 962. The number of hydrogen-bond donors (Lipinski definition) is 1. The van der Waals surface area contributed by atoms with Gasteiger partial charge in [0, 0.05) is 25.5 Å². The molecule has 0 bridgehead atoms. The molecule has 26 heavy (non-hydrogen) atoms. The second-order valence-corrected chi connectivity index (χ2v) is 6.96. The highest BCUT2D eigenvalue weighted by Crippen LogP contribution is 2.43. The number of phenolic OH excluding ortho intramolecular Hbond substituents is 1. The Morgan fingerprint density at radius 1 is 1.23 bits per heavy atom. The molecule has 0 fully saturated rings. The fraction of sp³-hybridized carbons (Fsp3) is 0.250. The predicted molar refractivity (Wildman–Crippen MR) is 104 cm³/mol. The Kier molecular flexibility index (Phi) is 5.13. The molecule has 1 amide bonds. The summed E-state index contributed by atoms with van der Waals surface area (Å²) in [5.74, 6) is 1.34. The van der Waals surface area contributed by atoms with E-state index in [9.17, 15) is 9.90 Å². The Morgan fingerprint density at radius 3 is 2.62 bits per heavy atom. The van der Waals surface area contributed by atoms with E-state index < -0.39 is 0 Å². The molecule has 3 aromatic rings. The lowest BCUT2D eigenvalue weighted by Gasteiger charge is -2.09. The molecule has 0 saturated heterocycles. The first-order valence-electron chi connectivity index (χ1n) is 8.11. The Balaban J connectivity index is 2.09. The predicted octanol–water partition coefficient (Wildman–Crippen LogP) is 4.17. The molecule has 0 aliphatic rings. The summed E-state index contributed by atoms with van der Waals surface area (Å²) >= 11 is 1.55. The van der Waals surface area contributed by atoms with Crippen LogP contribution in [0.3, 0.4) is 0 Å². The van der Waals surface area contributed by atoms with E-state index in [1.807, 2.05) is 24.5 Å². The van der Waals surface area contributed by atoms with E-state index in [2.05, 4.69) is 0 Å². The third kappa shape index (κ3) is 3.37. The van der Waals surface area contributed by atoms with E-state index in [1.54, 1.807) is 56.1 Å². The van der Waals surface area contributed by atoms with E-state index in [1.165, 1.54) is 0 Å². The first-order chi connectivity index (χ1) is 12.4. The minimum Gasteiger partial charge on any atom is -0.507 e. The van der Waals surface area contributed by atoms with Crippen LogP contribution < -0.4 is 4.74 Å². The summed E-state index contributed by atoms with van der Waals surface area (Å²) < 4.78 is 11.2. The van der Waals surface area contributed by atoms with E-state index in [-0.39, 0.29) is 11.7 Å². The summed E-state index contributed by atoms with van der Waals surface area (Å²) in [5, 5.41) is 11.3. The van der Waals surface area contributed by atoms with Gasteiger partial charge in [0.05, 0.1) is 24.0 Å². The Morgan fingerprint density at radius 2 is 2.00 bits per heavy atom. The fourth-order valence-corrected chi connectivity index (χ4v) is 3.49. The van der Waals surface area contributed by atoms with Gasteiger partial charge in [-0.1, -0.05) is 6.07 Å². The molecule has 0 aliphatic carbocycles. The number of benzene rings is 2. The van der Waals surface area contributed by atoms with Crippen LogP contribution in [0.15, 0.2) is 45.7 Å². The van der Waals surface area contributed by atoms with Crippen LogP contribution in [0, 0.1) is 0 Å². The van der Waals surface area contributed by atoms with E-state index in [4.69, 9.17) is 9.15 Å². The molecular formula is C20H21NO4S. The minimum absolute atomic E-state index is 0.0477. The molecule has 0 saturated carbocycles. The van der Waals surface area contributed by atoms with Crippen LogP contribution in [0.4, 0.5) is 0 Å². The molecule has 0 unspecified atom stereocenters. The van der Waals surface area contributed by atoms with Gasteiger partial charge in [-0.25, -0.2) is 0 Å². The number of nitrogens with zero attached hydrogens (tertiary/aromatic N) is 1. The van der Waals surface area contributed by atoms with Crippen LogP contribution in [0.2, 0.25) is 0 Å². The number of likely N-dealkylation sites (N-methyl/N-ethyl adjacent to an activating group) is 1. The maximum atomic E-state index is 12.0. The number of aromatic hydroxyl groups is 1. The van der Waals surface area contributed by atoms with Crippen molar-refractivity contribution < 1.29 is 19.1 Å². The number of ether oxygens (including phenoxy) is 1. The highest BCUT2D eigenvalue weighted by molar-refractivity contribution is 7.99. The van der Waals surface area contributed by atoms with Crippen molar-refractivity contribution in [3.05, 3.63) is 42.0 Å². The first kappa shape index (κ1) is 18.2. The number of carbonyl (C=O) groups is 1. The number of methoxy groups -OCH3 is 1. The maximum Gasteiger partial charge on any atom is 0.226 e. The number of amides is 1. The molecule has 3 rings (SSSR count). The van der Waals surface area contributed by atoms with Gasteiger partial charge in [0.1, 0.15) is 17.1 Å². The van der Waals surface area contributed by atoms with Gasteiger partial charge in [-0.05, 0) is 36.1 Å². The van der Waals surface area contributed by atoms with Crippen molar-refractivity contribution in [2.75, 3.05) is 27.5 Å². The number of thioether (sulfide) groups is 1. The lowest BCUT2D eigenvalue weighted by Crippen LogP contribution is -2.23. The quantitative estimate of drug-likeness (QED) is 0.682. The SMILES string of the molecule is COc1ccc(-c2oc3ccc(CC(=O)N(C)C)cc3c2SC)c(O)c1. The molecule has 0 atom stereocenters. The van der Waals surface area contributed by atoms with Gasteiger partial charge in [-0.15, -0.1) is 11.8 Å². The van der Waals surface area contributed by atoms with E-state index >= 15 is 0 Å². The van der Waals surface area contributed by atoms with Crippen molar-refractivity contribution in [1.29, 1.82) is 0 Å². The van der Waals surface area contributed by atoms with Gasteiger partial charge in [0.15, 0.2) is 5.76 Å². The second-order valence-electron chi connectivity index (χ2n) is 6.14. The highest BCUT2D eigenvalue weighted by atomic mass is 32.2. The van der Waals surface area contributed by atoms with Gasteiger partial charge in [0.25, 0.3) is 0 Å². The molecule has 6 heteroatoms. The summed E-state index contributed by atoms with van der Waals surface area (Å²) in [7, 11) is 5.05. The molecule has 1 aromatic heterocycles. The average molecular weight is 371 g/mol. The van der Waals surface area contributed by atoms with Crippen molar-refractivity contribution in [2.24, 2.45) is 0 Å². The molecule has 0 radical (unpaired) electrons. The van der Waals surface area contributed by atoms with Crippen LogP contribution in [0.5, 0.6) is 11.5 Å².